The molecule has 0 bridgehead atoms. The Kier molecular flexibility index (Phi) is 6.66. The lowest BCUT2D eigenvalue weighted by Gasteiger charge is -2.32. The minimum Gasteiger partial charge on any atom is -0.396 e. The number of nitrogens with zero attached hydrogens (tertiary/aromatic N) is 1. The van der Waals surface area contributed by atoms with E-state index in [1.54, 1.807) is 0 Å². The smallest absolute Gasteiger partial charge is 0.270 e. The first-order valence-corrected chi connectivity index (χ1v) is 9.75. The summed E-state index contributed by atoms with van der Waals surface area (Å²) in [7, 11) is 0. The number of para-hydroxylation sites is 1. The Bertz CT molecular complexity index is 814. The summed E-state index contributed by atoms with van der Waals surface area (Å²) in [5.41, 5.74) is 3.12. The summed E-state index contributed by atoms with van der Waals surface area (Å²) < 4.78 is 0. The summed E-state index contributed by atoms with van der Waals surface area (Å²) in [5, 5.41) is 8.97. The Labute approximate surface area is 160 Å². The molecule has 142 valence electrons. The van der Waals surface area contributed by atoms with E-state index < -0.39 is 0 Å². The van der Waals surface area contributed by atoms with Gasteiger partial charge in [-0.1, -0.05) is 55.5 Å². The average Bonchev–Trinajstić information content (AvgIpc) is 3.18. The van der Waals surface area contributed by atoms with Gasteiger partial charge in [0, 0.05) is 30.6 Å². The molecule has 0 atom stereocenters. The van der Waals surface area contributed by atoms with E-state index in [1.807, 2.05) is 42.2 Å². The number of hydrogen-bond donors (Lipinski definition) is 2. The van der Waals surface area contributed by atoms with Crippen LogP contribution in [0.3, 0.4) is 0 Å². The number of carbonyl (C=O) groups is 1. The predicted octanol–water partition coefficient (Wildman–Crippen LogP) is 4.58. The van der Waals surface area contributed by atoms with Crippen molar-refractivity contribution in [1.29, 1.82) is 0 Å². The van der Waals surface area contributed by atoms with Crippen molar-refractivity contribution < 1.29 is 9.90 Å². The molecule has 4 heteroatoms. The fourth-order valence-corrected chi connectivity index (χ4v) is 3.50. The number of likely N-dealkylation sites (tertiary alicyclic amines) is 1. The summed E-state index contributed by atoms with van der Waals surface area (Å²) in [6, 6.07) is 20.6. The Morgan fingerprint density at radius 3 is 2.33 bits per heavy atom. The Balaban J connectivity index is 0.000000481. The lowest BCUT2D eigenvalue weighted by molar-refractivity contribution is 0.0708. The first-order valence-electron chi connectivity index (χ1n) is 9.75. The van der Waals surface area contributed by atoms with Crippen molar-refractivity contribution in [3.63, 3.8) is 0 Å². The molecule has 0 spiro atoms. The molecule has 0 aliphatic carbocycles. The van der Waals surface area contributed by atoms with Gasteiger partial charge in [0.25, 0.3) is 5.91 Å². The van der Waals surface area contributed by atoms with Gasteiger partial charge in [0.2, 0.25) is 0 Å². The molecular weight excluding hydrogens is 336 g/mol. The molecule has 27 heavy (non-hydrogen) atoms. The monoisotopic (exact) mass is 364 g/mol. The molecule has 4 rings (SSSR count). The van der Waals surface area contributed by atoms with Crippen molar-refractivity contribution in [3.05, 3.63) is 71.9 Å². The zero-order valence-electron chi connectivity index (χ0n) is 15.9. The molecule has 4 nitrogen and oxygen atoms in total. The number of hydrogen-bond acceptors (Lipinski definition) is 2. The molecule has 1 saturated heterocycles. The second-order valence-corrected chi connectivity index (χ2v) is 6.97. The van der Waals surface area contributed by atoms with Gasteiger partial charge in [-0.2, -0.15) is 0 Å². The molecule has 3 aromatic rings. The lowest BCUT2D eigenvalue weighted by Crippen LogP contribution is -2.38. The van der Waals surface area contributed by atoms with Gasteiger partial charge in [0.05, 0.1) is 0 Å². The molecule has 2 heterocycles. The van der Waals surface area contributed by atoms with Crippen molar-refractivity contribution >= 4 is 16.8 Å². The maximum atomic E-state index is 12.7. The summed E-state index contributed by atoms with van der Waals surface area (Å²) >= 11 is 0. The number of aromatic nitrogens is 1. The minimum absolute atomic E-state index is 0.118. The molecule has 2 aromatic carbocycles. The molecular formula is C23H28N2O2. The molecule has 1 fully saturated rings. The second-order valence-electron chi connectivity index (χ2n) is 6.97. The number of aliphatic hydroxyl groups is 1. The number of piperidine rings is 1. The number of rotatable bonds is 3. The van der Waals surface area contributed by atoms with Gasteiger partial charge in [0.15, 0.2) is 0 Å². The molecule has 1 aliphatic heterocycles. The highest BCUT2D eigenvalue weighted by Crippen LogP contribution is 2.28. The molecule has 1 amide bonds. The third-order valence-corrected chi connectivity index (χ3v) is 5.04. The molecule has 2 N–H and O–H groups in total. The van der Waals surface area contributed by atoms with E-state index >= 15 is 0 Å². The van der Waals surface area contributed by atoms with Gasteiger partial charge >= 0.3 is 0 Å². The highest BCUT2D eigenvalue weighted by molar-refractivity contribution is 5.98. The normalized spacial score (nSPS) is 14.7. The Hall–Kier alpha value is -2.59. The third-order valence-electron chi connectivity index (χ3n) is 5.04. The molecule has 1 aromatic heterocycles. The number of benzene rings is 2. The largest absolute Gasteiger partial charge is 0.396 e. The van der Waals surface area contributed by atoms with Crippen molar-refractivity contribution in [2.45, 2.75) is 32.1 Å². The van der Waals surface area contributed by atoms with Crippen molar-refractivity contribution in [2.24, 2.45) is 0 Å². The van der Waals surface area contributed by atoms with Crippen LogP contribution in [0.5, 0.6) is 0 Å². The van der Waals surface area contributed by atoms with E-state index in [0.29, 0.717) is 18.2 Å². The highest BCUT2D eigenvalue weighted by atomic mass is 16.2. The molecule has 1 aliphatic rings. The second kappa shape index (κ2) is 9.38. The van der Waals surface area contributed by atoms with E-state index in [2.05, 4.69) is 35.3 Å². The van der Waals surface area contributed by atoms with Crippen LogP contribution < -0.4 is 0 Å². The number of H-pyrrole nitrogens is 1. The van der Waals surface area contributed by atoms with Crippen LogP contribution in [0.2, 0.25) is 0 Å². The van der Waals surface area contributed by atoms with E-state index in [1.165, 1.54) is 5.56 Å². The Morgan fingerprint density at radius 2 is 1.70 bits per heavy atom. The third kappa shape index (κ3) is 4.77. The van der Waals surface area contributed by atoms with Crippen molar-refractivity contribution in [2.75, 3.05) is 19.7 Å². The van der Waals surface area contributed by atoms with Crippen LogP contribution >= 0.6 is 0 Å². The quantitative estimate of drug-likeness (QED) is 0.715. The van der Waals surface area contributed by atoms with Gasteiger partial charge < -0.3 is 15.0 Å². The zero-order chi connectivity index (χ0) is 19.1. The van der Waals surface area contributed by atoms with Crippen LogP contribution in [0.1, 0.15) is 48.2 Å². The van der Waals surface area contributed by atoms with E-state index in [4.69, 9.17) is 5.11 Å². The SMILES string of the molecule is CCCO.O=C(c1cc2ccccc2[nH]1)N1CCC(c2ccccc2)CC1. The number of fused-ring (bicyclic) bond motifs is 1. The number of aromatic amines is 1. The van der Waals surface area contributed by atoms with E-state index in [-0.39, 0.29) is 5.91 Å². The van der Waals surface area contributed by atoms with Crippen LogP contribution in [0.25, 0.3) is 10.9 Å². The van der Waals surface area contributed by atoms with Gasteiger partial charge in [-0.3, -0.25) is 4.79 Å². The number of aliphatic hydroxyl groups excluding tert-OH is 1. The lowest BCUT2D eigenvalue weighted by atomic mass is 9.89. The predicted molar refractivity (Wildman–Crippen MR) is 110 cm³/mol. The number of amides is 1. The maximum Gasteiger partial charge on any atom is 0.270 e. The summed E-state index contributed by atoms with van der Waals surface area (Å²) in [4.78, 5) is 17.9. The van der Waals surface area contributed by atoms with Crippen LogP contribution in [0, 0.1) is 0 Å². The summed E-state index contributed by atoms with van der Waals surface area (Å²) in [6.07, 6.45) is 2.95. The zero-order valence-corrected chi connectivity index (χ0v) is 15.9. The van der Waals surface area contributed by atoms with Crippen molar-refractivity contribution in [1.82, 2.24) is 9.88 Å². The van der Waals surface area contributed by atoms with Crippen LogP contribution in [0.15, 0.2) is 60.7 Å². The number of carbonyl (C=O) groups excluding carboxylic acids is 1. The van der Waals surface area contributed by atoms with Crippen molar-refractivity contribution in [3.8, 4) is 0 Å². The first kappa shape index (κ1) is 19.2. The number of nitrogens with one attached hydrogen (secondary N) is 1. The highest BCUT2D eigenvalue weighted by Gasteiger charge is 2.25. The van der Waals surface area contributed by atoms with Gasteiger partial charge in [-0.15, -0.1) is 0 Å². The Morgan fingerprint density at radius 1 is 1.07 bits per heavy atom. The fraction of sp³-hybridized carbons (Fsp3) is 0.348. The van der Waals surface area contributed by atoms with Gasteiger partial charge in [0.1, 0.15) is 5.69 Å². The standard InChI is InChI=1S/C20H20N2O.C3H8O/c23-20(19-14-17-8-4-5-9-18(17)21-19)22-12-10-16(11-13-22)15-6-2-1-3-7-15;1-2-3-4/h1-9,14,16,21H,10-13H2;4H,2-3H2,1H3. The van der Waals surface area contributed by atoms with E-state index in [9.17, 15) is 4.79 Å². The topological polar surface area (TPSA) is 56.3 Å². The van der Waals surface area contributed by atoms with Crippen LogP contribution in [0.4, 0.5) is 0 Å². The minimum atomic E-state index is 0.118. The van der Waals surface area contributed by atoms with Crippen LogP contribution in [-0.2, 0) is 0 Å². The van der Waals surface area contributed by atoms with Gasteiger partial charge in [-0.05, 0) is 42.9 Å². The molecule has 0 saturated carbocycles. The molecule has 0 unspecified atom stereocenters. The average molecular weight is 364 g/mol. The first-order chi connectivity index (χ1) is 13.2. The molecule has 0 radical (unpaired) electrons. The van der Waals surface area contributed by atoms with Gasteiger partial charge in [-0.25, -0.2) is 0 Å². The summed E-state index contributed by atoms with van der Waals surface area (Å²) in [6.45, 7) is 3.90. The van der Waals surface area contributed by atoms with E-state index in [0.717, 1.165) is 43.3 Å². The maximum absolute atomic E-state index is 12.7. The fourth-order valence-electron chi connectivity index (χ4n) is 3.50. The summed E-state index contributed by atoms with van der Waals surface area (Å²) in [5.74, 6) is 0.690. The van der Waals surface area contributed by atoms with Crippen LogP contribution in [-0.4, -0.2) is 40.6 Å².